The molecule has 0 aliphatic carbocycles. The zero-order valence-corrected chi connectivity index (χ0v) is 11.1. The molecule has 1 aromatic rings. The van der Waals surface area contributed by atoms with Crippen LogP contribution in [0.15, 0.2) is 11.1 Å². The predicted octanol–water partition coefficient (Wildman–Crippen LogP) is 2.63. The van der Waals surface area contributed by atoms with Gasteiger partial charge in [0, 0.05) is 17.7 Å². The number of nitrogens with zero attached hydrogens (tertiary/aromatic N) is 2. The first-order valence-corrected chi connectivity index (χ1v) is 6.50. The summed E-state index contributed by atoms with van der Waals surface area (Å²) < 4.78 is 0. The molecule has 0 amide bonds. The van der Waals surface area contributed by atoms with Gasteiger partial charge in [0.1, 0.15) is 16.7 Å². The van der Waals surface area contributed by atoms with Gasteiger partial charge in [-0.05, 0) is 5.92 Å². The predicted molar refractivity (Wildman–Crippen MR) is 69.5 cm³/mol. The number of thioether (sulfide) groups is 1. The van der Waals surface area contributed by atoms with E-state index in [0.29, 0.717) is 17.7 Å². The monoisotopic (exact) mass is 240 g/mol. The molecule has 0 aliphatic rings. The first kappa shape index (κ1) is 13.3. The average Bonchev–Trinajstić information content (AvgIpc) is 2.25. The Labute approximate surface area is 101 Å². The summed E-state index contributed by atoms with van der Waals surface area (Å²) in [5, 5.41) is 0.986. The number of hydrogen-bond acceptors (Lipinski definition) is 5. The topological polar surface area (TPSA) is 63.8 Å². The Morgan fingerprint density at radius 1 is 1.31 bits per heavy atom. The normalized spacial score (nSPS) is 11.2. The van der Waals surface area contributed by atoms with E-state index in [2.05, 4.69) is 43.1 Å². The van der Waals surface area contributed by atoms with Gasteiger partial charge in [0.25, 0.3) is 0 Å². The van der Waals surface area contributed by atoms with E-state index in [1.165, 1.54) is 0 Å². The fourth-order valence-electron chi connectivity index (χ4n) is 1.10. The smallest absolute Gasteiger partial charge is 0.144 e. The Morgan fingerprint density at radius 2 is 2.00 bits per heavy atom. The van der Waals surface area contributed by atoms with Crippen molar-refractivity contribution in [2.24, 2.45) is 11.8 Å². The third-order valence-electron chi connectivity index (χ3n) is 1.95. The second-order valence-electron chi connectivity index (χ2n) is 4.45. The van der Waals surface area contributed by atoms with Crippen molar-refractivity contribution >= 4 is 17.6 Å². The third kappa shape index (κ3) is 3.98. The van der Waals surface area contributed by atoms with Gasteiger partial charge in [-0.1, -0.05) is 27.7 Å². The minimum atomic E-state index is 0.312. The fraction of sp³-hybridized carbons (Fsp3) is 0.636. The van der Waals surface area contributed by atoms with E-state index in [1.807, 2.05) is 6.07 Å². The van der Waals surface area contributed by atoms with Crippen LogP contribution in [0, 0.1) is 5.92 Å². The Balaban J connectivity index is 2.86. The molecular weight excluding hydrogens is 220 g/mol. The summed E-state index contributed by atoms with van der Waals surface area (Å²) in [5.41, 5.74) is 2.59. The first-order valence-electron chi connectivity index (χ1n) is 5.51. The van der Waals surface area contributed by atoms with Crippen molar-refractivity contribution in [2.45, 2.75) is 38.6 Å². The van der Waals surface area contributed by atoms with E-state index in [1.54, 1.807) is 11.8 Å². The van der Waals surface area contributed by atoms with Crippen molar-refractivity contribution in [3.63, 3.8) is 0 Å². The summed E-state index contributed by atoms with van der Waals surface area (Å²) in [6.45, 7) is 8.54. The van der Waals surface area contributed by atoms with Crippen molar-refractivity contribution in [1.82, 2.24) is 9.97 Å². The zero-order chi connectivity index (χ0) is 12.1. The van der Waals surface area contributed by atoms with Crippen molar-refractivity contribution in [3.05, 3.63) is 11.9 Å². The fourth-order valence-corrected chi connectivity index (χ4v) is 1.96. The third-order valence-corrected chi connectivity index (χ3v) is 3.29. The molecule has 0 bridgehead atoms. The van der Waals surface area contributed by atoms with Gasteiger partial charge in [0.05, 0.1) is 0 Å². The number of anilines is 1. The molecule has 0 saturated carbocycles. The van der Waals surface area contributed by atoms with Crippen LogP contribution in [0.3, 0.4) is 0 Å². The maximum atomic E-state index is 5.39. The highest BCUT2D eigenvalue weighted by atomic mass is 32.2. The number of hydrogen-bond donors (Lipinski definition) is 2. The quantitative estimate of drug-likeness (QED) is 0.358. The van der Waals surface area contributed by atoms with Crippen molar-refractivity contribution < 1.29 is 0 Å². The molecule has 0 spiro atoms. The Morgan fingerprint density at radius 3 is 2.50 bits per heavy atom. The van der Waals surface area contributed by atoms with Gasteiger partial charge >= 0.3 is 0 Å². The van der Waals surface area contributed by atoms with Crippen LogP contribution in [0.4, 0.5) is 5.82 Å². The number of aromatic nitrogens is 2. The molecule has 0 atom stereocenters. The summed E-state index contributed by atoms with van der Waals surface area (Å²) in [6.07, 6.45) is 0. The summed E-state index contributed by atoms with van der Waals surface area (Å²) >= 11 is 1.74. The van der Waals surface area contributed by atoms with E-state index >= 15 is 0 Å². The van der Waals surface area contributed by atoms with Crippen molar-refractivity contribution in [3.8, 4) is 0 Å². The highest BCUT2D eigenvalue weighted by molar-refractivity contribution is 7.99. The van der Waals surface area contributed by atoms with Gasteiger partial charge in [-0.2, -0.15) is 0 Å². The van der Waals surface area contributed by atoms with Gasteiger partial charge in [-0.3, -0.25) is 0 Å². The Kier molecular flexibility index (Phi) is 5.02. The van der Waals surface area contributed by atoms with Crippen LogP contribution in [0.25, 0.3) is 0 Å². The lowest BCUT2D eigenvalue weighted by Crippen LogP contribution is -2.11. The van der Waals surface area contributed by atoms with Crippen LogP contribution in [0.2, 0.25) is 0 Å². The number of nitrogens with two attached hydrogens (primary N) is 1. The number of nitrogen functional groups attached to an aromatic ring is 1. The molecular formula is C11H20N4S. The molecule has 0 unspecified atom stereocenters. The van der Waals surface area contributed by atoms with Crippen LogP contribution in [0.1, 0.15) is 39.4 Å². The first-order chi connectivity index (χ1) is 7.52. The van der Waals surface area contributed by atoms with Crippen LogP contribution in [-0.4, -0.2) is 15.7 Å². The van der Waals surface area contributed by atoms with Gasteiger partial charge < -0.3 is 5.43 Å². The van der Waals surface area contributed by atoms with Crippen molar-refractivity contribution in [1.29, 1.82) is 0 Å². The SMILES string of the molecule is CC(C)CSc1cc(NN)nc(C(C)C)n1. The largest absolute Gasteiger partial charge is 0.308 e. The zero-order valence-electron chi connectivity index (χ0n) is 10.3. The second-order valence-corrected chi connectivity index (χ2v) is 5.49. The minimum Gasteiger partial charge on any atom is -0.308 e. The lowest BCUT2D eigenvalue weighted by atomic mass is 10.2. The number of hydrazine groups is 1. The molecule has 1 rings (SSSR count). The average molecular weight is 240 g/mol. The lowest BCUT2D eigenvalue weighted by Gasteiger charge is -2.10. The van der Waals surface area contributed by atoms with Gasteiger partial charge in [0.15, 0.2) is 0 Å². The molecule has 0 fully saturated rings. The minimum absolute atomic E-state index is 0.312. The standard InChI is InChI=1S/C11H20N4S/c1-7(2)6-16-10-5-9(15-12)13-11(14-10)8(3)4/h5,7-8H,6,12H2,1-4H3,(H,13,14,15). The van der Waals surface area contributed by atoms with Crippen molar-refractivity contribution in [2.75, 3.05) is 11.2 Å². The van der Waals surface area contributed by atoms with Gasteiger partial charge in [-0.25, -0.2) is 15.8 Å². The maximum Gasteiger partial charge on any atom is 0.144 e. The molecule has 0 aromatic carbocycles. The summed E-state index contributed by atoms with van der Waals surface area (Å²) in [5.74, 6) is 8.93. The van der Waals surface area contributed by atoms with E-state index in [-0.39, 0.29) is 0 Å². The number of rotatable bonds is 5. The summed E-state index contributed by atoms with van der Waals surface area (Å²) in [6, 6.07) is 1.89. The summed E-state index contributed by atoms with van der Waals surface area (Å²) in [4.78, 5) is 8.83. The molecule has 3 N–H and O–H groups in total. The molecule has 0 radical (unpaired) electrons. The maximum absolute atomic E-state index is 5.39. The van der Waals surface area contributed by atoms with E-state index in [9.17, 15) is 0 Å². The van der Waals surface area contributed by atoms with Gasteiger partial charge in [0.2, 0.25) is 0 Å². The second kappa shape index (κ2) is 6.06. The molecule has 0 aliphatic heterocycles. The lowest BCUT2D eigenvalue weighted by molar-refractivity contribution is 0.741. The summed E-state index contributed by atoms with van der Waals surface area (Å²) in [7, 11) is 0. The molecule has 4 nitrogen and oxygen atoms in total. The highest BCUT2D eigenvalue weighted by Crippen LogP contribution is 2.22. The van der Waals surface area contributed by atoms with E-state index in [4.69, 9.17) is 5.84 Å². The molecule has 5 heteroatoms. The van der Waals surface area contributed by atoms with Crippen LogP contribution < -0.4 is 11.3 Å². The van der Waals surface area contributed by atoms with E-state index < -0.39 is 0 Å². The van der Waals surface area contributed by atoms with Crippen LogP contribution in [-0.2, 0) is 0 Å². The Bertz CT molecular complexity index is 339. The Hall–Kier alpha value is -0.810. The highest BCUT2D eigenvalue weighted by Gasteiger charge is 2.08. The van der Waals surface area contributed by atoms with Gasteiger partial charge in [-0.15, -0.1) is 11.8 Å². The molecule has 90 valence electrons. The van der Waals surface area contributed by atoms with Crippen LogP contribution in [0.5, 0.6) is 0 Å². The molecule has 1 aromatic heterocycles. The molecule has 1 heterocycles. The van der Waals surface area contributed by atoms with Crippen LogP contribution >= 0.6 is 11.8 Å². The molecule has 16 heavy (non-hydrogen) atoms. The molecule has 0 saturated heterocycles. The number of nitrogens with one attached hydrogen (secondary N) is 1. The van der Waals surface area contributed by atoms with E-state index in [0.717, 1.165) is 16.6 Å².